The molecule has 0 radical (unpaired) electrons. The van der Waals surface area contributed by atoms with E-state index < -0.39 is 0 Å². The molecular formula is C13H17Br2NO. The van der Waals surface area contributed by atoms with Gasteiger partial charge in [0.25, 0.3) is 5.91 Å². The van der Waals surface area contributed by atoms with Crippen LogP contribution >= 0.6 is 31.9 Å². The summed E-state index contributed by atoms with van der Waals surface area (Å²) in [6.07, 6.45) is 0.938. The van der Waals surface area contributed by atoms with Crippen LogP contribution in [-0.2, 0) is 0 Å². The van der Waals surface area contributed by atoms with Crippen LogP contribution in [0.15, 0.2) is 28.7 Å². The highest BCUT2D eigenvalue weighted by molar-refractivity contribution is 9.10. The molecule has 1 N–H and O–H groups in total. The highest BCUT2D eigenvalue weighted by Crippen LogP contribution is 2.17. The molecule has 0 fully saturated rings. The van der Waals surface area contributed by atoms with Crippen molar-refractivity contribution in [2.24, 2.45) is 5.92 Å². The van der Waals surface area contributed by atoms with Crippen LogP contribution in [0.25, 0.3) is 0 Å². The van der Waals surface area contributed by atoms with Gasteiger partial charge in [-0.2, -0.15) is 0 Å². The molecule has 0 spiro atoms. The standard InChI is InChI=1S/C13H17Br2NO/c1-9(2)12(7-8-14)16-13(17)10-5-3-4-6-11(10)15/h3-6,9,12H,7-8H2,1-2H3,(H,16,17). The lowest BCUT2D eigenvalue weighted by atomic mass is 10.0. The normalized spacial score (nSPS) is 12.5. The number of nitrogens with one attached hydrogen (secondary N) is 1. The third-order valence-corrected chi connectivity index (χ3v) is 3.81. The van der Waals surface area contributed by atoms with Crippen LogP contribution in [-0.4, -0.2) is 17.3 Å². The SMILES string of the molecule is CC(C)C(CCBr)NC(=O)c1ccccc1Br. The fraction of sp³-hybridized carbons (Fsp3) is 0.462. The lowest BCUT2D eigenvalue weighted by Gasteiger charge is -2.21. The van der Waals surface area contributed by atoms with Crippen molar-refractivity contribution in [3.05, 3.63) is 34.3 Å². The molecule has 1 rings (SSSR count). The molecule has 0 aliphatic rings. The predicted molar refractivity (Wildman–Crippen MR) is 78.6 cm³/mol. The van der Waals surface area contributed by atoms with E-state index in [4.69, 9.17) is 0 Å². The zero-order valence-electron chi connectivity index (χ0n) is 10.0. The van der Waals surface area contributed by atoms with Crippen molar-refractivity contribution in [1.29, 1.82) is 0 Å². The molecule has 0 saturated heterocycles. The summed E-state index contributed by atoms with van der Waals surface area (Å²) >= 11 is 6.81. The van der Waals surface area contributed by atoms with E-state index in [0.717, 1.165) is 16.2 Å². The Hall–Kier alpha value is -0.350. The van der Waals surface area contributed by atoms with Gasteiger partial charge in [-0.05, 0) is 40.4 Å². The second-order valence-corrected chi connectivity index (χ2v) is 5.93. The van der Waals surface area contributed by atoms with Crippen LogP contribution in [0.5, 0.6) is 0 Å². The summed E-state index contributed by atoms with van der Waals surface area (Å²) in [7, 11) is 0. The molecule has 1 aromatic carbocycles. The number of carbonyl (C=O) groups excluding carboxylic acids is 1. The zero-order chi connectivity index (χ0) is 12.8. The maximum Gasteiger partial charge on any atom is 0.252 e. The highest BCUT2D eigenvalue weighted by atomic mass is 79.9. The molecule has 1 atom stereocenters. The Morgan fingerprint density at radius 3 is 2.53 bits per heavy atom. The lowest BCUT2D eigenvalue weighted by Crippen LogP contribution is -2.38. The van der Waals surface area contributed by atoms with Gasteiger partial charge in [-0.25, -0.2) is 0 Å². The third kappa shape index (κ3) is 4.43. The number of rotatable bonds is 5. The van der Waals surface area contributed by atoms with Crippen LogP contribution in [0, 0.1) is 5.92 Å². The fourth-order valence-corrected chi connectivity index (χ4v) is 2.54. The largest absolute Gasteiger partial charge is 0.349 e. The van der Waals surface area contributed by atoms with E-state index in [1.54, 1.807) is 0 Å². The summed E-state index contributed by atoms with van der Waals surface area (Å²) in [6.45, 7) is 4.24. The van der Waals surface area contributed by atoms with Crippen molar-refractivity contribution in [1.82, 2.24) is 5.32 Å². The molecule has 1 unspecified atom stereocenters. The first kappa shape index (κ1) is 14.7. The Labute approximate surface area is 119 Å². The minimum Gasteiger partial charge on any atom is -0.349 e. The smallest absolute Gasteiger partial charge is 0.252 e. The van der Waals surface area contributed by atoms with E-state index in [1.807, 2.05) is 24.3 Å². The first-order valence-corrected chi connectivity index (χ1v) is 7.59. The minimum absolute atomic E-state index is 0.0166. The Morgan fingerprint density at radius 1 is 1.35 bits per heavy atom. The molecule has 17 heavy (non-hydrogen) atoms. The number of carbonyl (C=O) groups is 1. The number of halogens is 2. The van der Waals surface area contributed by atoms with Crippen molar-refractivity contribution in [3.8, 4) is 0 Å². The Balaban J connectivity index is 2.74. The molecule has 1 amide bonds. The molecule has 0 aliphatic carbocycles. The molecular weight excluding hydrogens is 346 g/mol. The summed E-state index contributed by atoms with van der Waals surface area (Å²) in [5, 5.41) is 3.97. The minimum atomic E-state index is -0.0166. The number of hydrogen-bond acceptors (Lipinski definition) is 1. The van der Waals surface area contributed by atoms with E-state index in [9.17, 15) is 4.79 Å². The molecule has 0 bridgehead atoms. The van der Waals surface area contributed by atoms with E-state index in [-0.39, 0.29) is 11.9 Å². The quantitative estimate of drug-likeness (QED) is 0.788. The number of benzene rings is 1. The molecule has 1 aromatic rings. The van der Waals surface area contributed by atoms with Gasteiger partial charge in [-0.15, -0.1) is 0 Å². The number of amides is 1. The van der Waals surface area contributed by atoms with Crippen molar-refractivity contribution in [2.45, 2.75) is 26.3 Å². The maximum absolute atomic E-state index is 12.1. The van der Waals surface area contributed by atoms with Gasteiger partial charge in [0.05, 0.1) is 5.56 Å². The second-order valence-electron chi connectivity index (χ2n) is 4.28. The molecule has 0 aromatic heterocycles. The van der Waals surface area contributed by atoms with Crippen molar-refractivity contribution in [3.63, 3.8) is 0 Å². The molecule has 4 heteroatoms. The molecule has 0 heterocycles. The van der Waals surface area contributed by atoms with Gasteiger partial charge in [0.15, 0.2) is 0 Å². The monoisotopic (exact) mass is 361 g/mol. The average Bonchev–Trinajstić information content (AvgIpc) is 2.28. The van der Waals surface area contributed by atoms with Gasteiger partial charge in [0, 0.05) is 15.8 Å². The fourth-order valence-electron chi connectivity index (χ4n) is 1.58. The van der Waals surface area contributed by atoms with Gasteiger partial charge in [0.1, 0.15) is 0 Å². The van der Waals surface area contributed by atoms with Crippen molar-refractivity contribution in [2.75, 3.05) is 5.33 Å². The van der Waals surface area contributed by atoms with Gasteiger partial charge < -0.3 is 5.32 Å². The molecule has 0 aliphatic heterocycles. The molecule has 2 nitrogen and oxygen atoms in total. The first-order chi connectivity index (χ1) is 8.06. The number of hydrogen-bond donors (Lipinski definition) is 1. The first-order valence-electron chi connectivity index (χ1n) is 5.67. The zero-order valence-corrected chi connectivity index (χ0v) is 13.2. The van der Waals surface area contributed by atoms with Gasteiger partial charge >= 0.3 is 0 Å². The third-order valence-electron chi connectivity index (χ3n) is 2.66. The number of alkyl halides is 1. The van der Waals surface area contributed by atoms with E-state index in [2.05, 4.69) is 51.0 Å². The Kier molecular flexibility index (Phi) is 6.20. The average molecular weight is 363 g/mol. The van der Waals surface area contributed by atoms with Crippen LogP contribution in [0.1, 0.15) is 30.6 Å². The maximum atomic E-state index is 12.1. The van der Waals surface area contributed by atoms with E-state index in [0.29, 0.717) is 11.5 Å². The van der Waals surface area contributed by atoms with Crippen LogP contribution in [0.2, 0.25) is 0 Å². The van der Waals surface area contributed by atoms with Crippen molar-refractivity contribution >= 4 is 37.8 Å². The van der Waals surface area contributed by atoms with E-state index in [1.165, 1.54) is 0 Å². The Bertz CT molecular complexity index is 379. The van der Waals surface area contributed by atoms with Crippen molar-refractivity contribution < 1.29 is 4.79 Å². The highest BCUT2D eigenvalue weighted by Gasteiger charge is 2.17. The lowest BCUT2D eigenvalue weighted by molar-refractivity contribution is 0.0924. The molecule has 0 saturated carbocycles. The van der Waals surface area contributed by atoms with Crippen LogP contribution in [0.4, 0.5) is 0 Å². The summed E-state index contributed by atoms with van der Waals surface area (Å²) in [5.74, 6) is 0.413. The Morgan fingerprint density at radius 2 is 2.00 bits per heavy atom. The van der Waals surface area contributed by atoms with Gasteiger partial charge in [-0.3, -0.25) is 4.79 Å². The van der Waals surface area contributed by atoms with E-state index >= 15 is 0 Å². The topological polar surface area (TPSA) is 29.1 Å². The van der Waals surface area contributed by atoms with Gasteiger partial charge in [-0.1, -0.05) is 41.9 Å². The van der Waals surface area contributed by atoms with Crippen LogP contribution < -0.4 is 5.32 Å². The molecule has 94 valence electrons. The summed E-state index contributed by atoms with van der Waals surface area (Å²) in [5.41, 5.74) is 0.688. The van der Waals surface area contributed by atoms with Gasteiger partial charge in [0.2, 0.25) is 0 Å². The summed E-state index contributed by atoms with van der Waals surface area (Å²) < 4.78 is 0.832. The second kappa shape index (κ2) is 7.17. The summed E-state index contributed by atoms with van der Waals surface area (Å²) in [6, 6.07) is 7.68. The van der Waals surface area contributed by atoms with Crippen LogP contribution in [0.3, 0.4) is 0 Å². The predicted octanol–water partition coefficient (Wildman–Crippen LogP) is 3.99. The summed E-state index contributed by atoms with van der Waals surface area (Å²) in [4.78, 5) is 12.1.